The van der Waals surface area contributed by atoms with E-state index < -0.39 is 0 Å². The Labute approximate surface area is 156 Å². The topological polar surface area (TPSA) is 51.4 Å². The fraction of sp³-hybridized carbons (Fsp3) is 0.263. The van der Waals surface area contributed by atoms with E-state index in [2.05, 4.69) is 10.1 Å². The highest BCUT2D eigenvalue weighted by Crippen LogP contribution is 2.24. The van der Waals surface area contributed by atoms with Crippen LogP contribution in [0.1, 0.15) is 17.0 Å². The van der Waals surface area contributed by atoms with E-state index in [1.807, 2.05) is 24.1 Å². The van der Waals surface area contributed by atoms with Gasteiger partial charge in [0.05, 0.1) is 13.7 Å². The van der Waals surface area contributed by atoms with Gasteiger partial charge in [-0.3, -0.25) is 4.90 Å². The fourth-order valence-electron chi connectivity index (χ4n) is 2.62. The van der Waals surface area contributed by atoms with Crippen molar-refractivity contribution in [3.05, 3.63) is 64.3 Å². The van der Waals surface area contributed by atoms with Crippen molar-refractivity contribution in [2.45, 2.75) is 20.0 Å². The summed E-state index contributed by atoms with van der Waals surface area (Å²) in [5.41, 5.74) is 2.12. The SMILES string of the molecule is COc1ccc(Cl)cc1CN(C)Cc1nc(-c2ccc(C)c(F)c2)no1. The van der Waals surface area contributed by atoms with Crippen molar-refractivity contribution in [2.75, 3.05) is 14.2 Å². The number of methoxy groups -OCH3 is 1. The van der Waals surface area contributed by atoms with Gasteiger partial charge in [0, 0.05) is 22.7 Å². The molecule has 136 valence electrons. The van der Waals surface area contributed by atoms with E-state index in [0.29, 0.717) is 41.0 Å². The number of halogens is 2. The molecule has 0 bridgehead atoms. The number of hydrogen-bond acceptors (Lipinski definition) is 5. The van der Waals surface area contributed by atoms with Gasteiger partial charge < -0.3 is 9.26 Å². The second kappa shape index (κ2) is 7.85. The van der Waals surface area contributed by atoms with Crippen LogP contribution in [0.5, 0.6) is 5.75 Å². The highest BCUT2D eigenvalue weighted by Gasteiger charge is 2.14. The van der Waals surface area contributed by atoms with Gasteiger partial charge >= 0.3 is 0 Å². The van der Waals surface area contributed by atoms with Crippen LogP contribution >= 0.6 is 11.6 Å². The third-order valence-electron chi connectivity index (χ3n) is 3.99. The molecule has 26 heavy (non-hydrogen) atoms. The molecular weight excluding hydrogens is 357 g/mol. The van der Waals surface area contributed by atoms with Crippen molar-refractivity contribution < 1.29 is 13.7 Å². The molecule has 1 aromatic heterocycles. The Hall–Kier alpha value is -2.44. The number of hydrogen-bond donors (Lipinski definition) is 0. The van der Waals surface area contributed by atoms with Crippen LogP contribution < -0.4 is 4.74 Å². The number of rotatable bonds is 6. The molecule has 0 unspecified atom stereocenters. The molecule has 7 heteroatoms. The average Bonchev–Trinajstić information content (AvgIpc) is 3.06. The predicted octanol–water partition coefficient (Wildman–Crippen LogP) is 4.48. The molecular formula is C19H19ClFN3O2. The van der Waals surface area contributed by atoms with Crippen LogP contribution in [-0.2, 0) is 13.1 Å². The van der Waals surface area contributed by atoms with Crippen LogP contribution in [-0.4, -0.2) is 29.2 Å². The molecule has 0 N–H and O–H groups in total. The monoisotopic (exact) mass is 375 g/mol. The highest BCUT2D eigenvalue weighted by atomic mass is 35.5. The molecule has 1 heterocycles. The molecule has 0 saturated heterocycles. The van der Waals surface area contributed by atoms with Gasteiger partial charge in [0.25, 0.3) is 0 Å². The summed E-state index contributed by atoms with van der Waals surface area (Å²) in [7, 11) is 3.55. The number of benzene rings is 2. The Morgan fingerprint density at radius 1 is 1.19 bits per heavy atom. The number of aryl methyl sites for hydroxylation is 1. The minimum atomic E-state index is -0.293. The first-order chi connectivity index (χ1) is 12.5. The molecule has 0 aliphatic heterocycles. The fourth-order valence-corrected chi connectivity index (χ4v) is 2.81. The minimum Gasteiger partial charge on any atom is -0.496 e. The maximum atomic E-state index is 13.7. The molecule has 5 nitrogen and oxygen atoms in total. The lowest BCUT2D eigenvalue weighted by Crippen LogP contribution is -2.18. The Kier molecular flexibility index (Phi) is 5.54. The van der Waals surface area contributed by atoms with Gasteiger partial charge in [-0.25, -0.2) is 4.39 Å². The quantitative estimate of drug-likeness (QED) is 0.635. The summed E-state index contributed by atoms with van der Waals surface area (Å²) in [6.07, 6.45) is 0. The normalized spacial score (nSPS) is 11.2. The zero-order chi connectivity index (χ0) is 18.7. The summed E-state index contributed by atoms with van der Waals surface area (Å²) >= 11 is 6.07. The molecule has 0 radical (unpaired) electrons. The molecule has 0 amide bonds. The zero-order valence-electron chi connectivity index (χ0n) is 14.8. The van der Waals surface area contributed by atoms with Crippen LogP contribution in [0.4, 0.5) is 4.39 Å². The van der Waals surface area contributed by atoms with Gasteiger partial charge in [-0.05, 0) is 43.8 Å². The molecule has 0 atom stereocenters. The number of ether oxygens (including phenoxy) is 1. The Bertz CT molecular complexity index is 914. The summed E-state index contributed by atoms with van der Waals surface area (Å²) < 4.78 is 24.4. The van der Waals surface area contributed by atoms with Crippen molar-refractivity contribution in [1.29, 1.82) is 0 Å². The van der Waals surface area contributed by atoms with Gasteiger partial charge in [0.2, 0.25) is 11.7 Å². The minimum absolute atomic E-state index is 0.293. The summed E-state index contributed by atoms with van der Waals surface area (Å²) in [4.78, 5) is 6.35. The number of aromatic nitrogens is 2. The maximum absolute atomic E-state index is 13.7. The number of nitrogens with zero attached hydrogens (tertiary/aromatic N) is 3. The second-order valence-electron chi connectivity index (χ2n) is 6.10. The maximum Gasteiger partial charge on any atom is 0.241 e. The third kappa shape index (κ3) is 4.20. The van der Waals surface area contributed by atoms with Crippen LogP contribution in [0.15, 0.2) is 40.9 Å². The lowest BCUT2D eigenvalue weighted by atomic mass is 10.1. The van der Waals surface area contributed by atoms with Crippen molar-refractivity contribution in [2.24, 2.45) is 0 Å². The average molecular weight is 376 g/mol. The van der Waals surface area contributed by atoms with E-state index in [1.165, 1.54) is 6.07 Å². The first kappa shape index (κ1) is 18.4. The Morgan fingerprint density at radius 2 is 2.00 bits per heavy atom. The van der Waals surface area contributed by atoms with Gasteiger partial charge in [0.15, 0.2) is 0 Å². The summed E-state index contributed by atoms with van der Waals surface area (Å²) in [6, 6.07) is 10.4. The summed E-state index contributed by atoms with van der Waals surface area (Å²) in [5, 5.41) is 4.59. The van der Waals surface area contributed by atoms with Crippen molar-refractivity contribution in [3.8, 4) is 17.1 Å². The van der Waals surface area contributed by atoms with Crippen LogP contribution in [0, 0.1) is 12.7 Å². The molecule has 0 saturated carbocycles. The van der Waals surface area contributed by atoms with Gasteiger partial charge in [0.1, 0.15) is 11.6 Å². The molecule has 0 spiro atoms. The molecule has 0 aliphatic carbocycles. The first-order valence-electron chi connectivity index (χ1n) is 8.06. The Balaban J connectivity index is 1.71. The lowest BCUT2D eigenvalue weighted by molar-refractivity contribution is 0.257. The van der Waals surface area contributed by atoms with E-state index in [1.54, 1.807) is 32.2 Å². The van der Waals surface area contributed by atoms with Crippen LogP contribution in [0.25, 0.3) is 11.4 Å². The molecule has 0 fully saturated rings. The van der Waals surface area contributed by atoms with Gasteiger partial charge in [-0.2, -0.15) is 4.98 Å². The van der Waals surface area contributed by atoms with Crippen molar-refractivity contribution in [1.82, 2.24) is 15.0 Å². The smallest absolute Gasteiger partial charge is 0.241 e. The highest BCUT2D eigenvalue weighted by molar-refractivity contribution is 6.30. The largest absolute Gasteiger partial charge is 0.496 e. The van der Waals surface area contributed by atoms with Crippen molar-refractivity contribution >= 4 is 11.6 Å². The van der Waals surface area contributed by atoms with Crippen molar-refractivity contribution in [3.63, 3.8) is 0 Å². The van der Waals surface area contributed by atoms with Crippen LogP contribution in [0.3, 0.4) is 0 Å². The zero-order valence-corrected chi connectivity index (χ0v) is 15.5. The molecule has 3 aromatic rings. The van der Waals surface area contributed by atoms with E-state index in [9.17, 15) is 4.39 Å². The van der Waals surface area contributed by atoms with Gasteiger partial charge in [-0.15, -0.1) is 0 Å². The molecule has 0 aliphatic rings. The lowest BCUT2D eigenvalue weighted by Gasteiger charge is -2.16. The second-order valence-corrected chi connectivity index (χ2v) is 6.54. The van der Waals surface area contributed by atoms with Crippen LogP contribution in [0.2, 0.25) is 5.02 Å². The first-order valence-corrected chi connectivity index (χ1v) is 8.44. The molecule has 2 aromatic carbocycles. The van der Waals surface area contributed by atoms with E-state index in [0.717, 1.165) is 11.3 Å². The van der Waals surface area contributed by atoms with Gasteiger partial charge in [-0.1, -0.05) is 28.9 Å². The third-order valence-corrected chi connectivity index (χ3v) is 4.22. The van der Waals surface area contributed by atoms with E-state index >= 15 is 0 Å². The van der Waals surface area contributed by atoms with E-state index in [-0.39, 0.29) is 5.82 Å². The standard InChI is InChI=1S/C19H19ClFN3O2/c1-12-4-5-13(9-16(12)21)19-22-18(26-23-19)11-24(2)10-14-8-15(20)6-7-17(14)25-3/h4-9H,10-11H2,1-3H3. The van der Waals surface area contributed by atoms with E-state index in [4.69, 9.17) is 20.9 Å². The summed E-state index contributed by atoms with van der Waals surface area (Å²) in [6.45, 7) is 2.75. The molecule has 3 rings (SSSR count). The predicted molar refractivity (Wildman–Crippen MR) is 97.6 cm³/mol. The summed E-state index contributed by atoms with van der Waals surface area (Å²) in [5.74, 6) is 1.29. The Morgan fingerprint density at radius 3 is 2.73 bits per heavy atom.